The fourth-order valence-corrected chi connectivity index (χ4v) is 2.96. The van der Waals surface area contributed by atoms with Gasteiger partial charge in [-0.2, -0.15) is 13.2 Å². The van der Waals surface area contributed by atoms with Gasteiger partial charge >= 0.3 is 6.18 Å². The number of hydrogen-bond donors (Lipinski definition) is 2. The number of nitrogens with zero attached hydrogens (tertiary/aromatic N) is 1. The third kappa shape index (κ3) is 4.07. The van der Waals surface area contributed by atoms with Gasteiger partial charge in [-0.25, -0.2) is 4.21 Å². The highest BCUT2D eigenvalue weighted by Crippen LogP contribution is 2.27. The molecule has 9 heteroatoms. The highest BCUT2D eigenvalue weighted by Gasteiger charge is 2.32. The molecule has 0 saturated heterocycles. The van der Waals surface area contributed by atoms with Gasteiger partial charge in [0.1, 0.15) is 5.69 Å². The maximum atomic E-state index is 12.4. The number of thiocarbonyl (C=S) groups is 1. The maximum Gasteiger partial charge on any atom is 0.433 e. The lowest BCUT2D eigenvalue weighted by Crippen LogP contribution is -2.39. The van der Waals surface area contributed by atoms with Gasteiger partial charge in [-0.15, -0.1) is 0 Å². The van der Waals surface area contributed by atoms with Crippen LogP contribution in [0.15, 0.2) is 18.3 Å². The van der Waals surface area contributed by atoms with Crippen molar-refractivity contribution in [2.75, 3.05) is 13.3 Å². The summed E-state index contributed by atoms with van der Waals surface area (Å²) in [7, 11) is -1.11. The molecule has 0 bridgehead atoms. The first kappa shape index (κ1) is 16.7. The predicted octanol–water partition coefficient (Wildman–Crippen LogP) is 1.56. The van der Waals surface area contributed by atoms with Crippen LogP contribution < -0.4 is 10.0 Å². The van der Waals surface area contributed by atoms with E-state index in [2.05, 4.69) is 15.0 Å². The highest BCUT2D eigenvalue weighted by atomic mass is 32.2. The fourth-order valence-electron chi connectivity index (χ4n) is 1.30. The first-order valence-corrected chi connectivity index (χ1v) is 7.81. The van der Waals surface area contributed by atoms with Crippen LogP contribution in [-0.2, 0) is 15.9 Å². The lowest BCUT2D eigenvalue weighted by Gasteiger charge is -2.14. The van der Waals surface area contributed by atoms with E-state index in [1.165, 1.54) is 12.3 Å². The molecular weight excluding hydrogens is 311 g/mol. The average Bonchev–Trinajstić information content (AvgIpc) is 2.36. The zero-order chi connectivity index (χ0) is 15.6. The molecule has 1 heterocycles. The Labute approximate surface area is 120 Å². The van der Waals surface area contributed by atoms with Crippen LogP contribution in [0.5, 0.6) is 0 Å². The van der Waals surface area contributed by atoms with Crippen molar-refractivity contribution in [1.29, 1.82) is 0 Å². The molecule has 1 aromatic rings. The fraction of sp³-hybridized carbons (Fsp3) is 0.364. The van der Waals surface area contributed by atoms with Crippen LogP contribution in [0.3, 0.4) is 0 Å². The summed E-state index contributed by atoms with van der Waals surface area (Å²) in [5.41, 5.74) is -0.632. The zero-order valence-electron chi connectivity index (χ0n) is 11.0. The van der Waals surface area contributed by atoms with E-state index in [0.29, 0.717) is 10.4 Å². The first-order valence-electron chi connectivity index (χ1n) is 5.44. The topological polar surface area (TPSA) is 54.0 Å². The minimum atomic E-state index is -4.49. The molecule has 0 aromatic carbocycles. The van der Waals surface area contributed by atoms with Crippen molar-refractivity contribution in [3.63, 3.8) is 0 Å². The summed E-state index contributed by atoms with van der Waals surface area (Å²) in [4.78, 5) is 3.71. The van der Waals surface area contributed by atoms with Crippen LogP contribution in [0.1, 0.15) is 18.2 Å². The Morgan fingerprint density at radius 2 is 2.00 bits per heavy atom. The van der Waals surface area contributed by atoms with Crippen LogP contribution >= 0.6 is 12.2 Å². The van der Waals surface area contributed by atoms with Crippen molar-refractivity contribution in [3.05, 3.63) is 29.6 Å². The average molecular weight is 325 g/mol. The summed E-state index contributed by atoms with van der Waals surface area (Å²) in [5.74, 6) is 0. The van der Waals surface area contributed by atoms with Gasteiger partial charge in [0.2, 0.25) is 0 Å². The molecule has 0 fully saturated rings. The van der Waals surface area contributed by atoms with Gasteiger partial charge in [-0.1, -0.05) is 6.07 Å². The Hall–Kier alpha value is -1.35. The number of rotatable bonds is 2. The molecule has 20 heavy (non-hydrogen) atoms. The second-order valence-corrected chi connectivity index (χ2v) is 6.92. The van der Waals surface area contributed by atoms with Crippen molar-refractivity contribution < 1.29 is 17.4 Å². The third-order valence-electron chi connectivity index (χ3n) is 2.56. The molecule has 0 spiro atoms. The molecule has 1 atom stereocenters. The van der Waals surface area contributed by atoms with Crippen molar-refractivity contribution in [1.82, 2.24) is 15.0 Å². The molecule has 0 aliphatic carbocycles. The van der Waals surface area contributed by atoms with Gasteiger partial charge in [0.05, 0.1) is 9.71 Å². The molecular formula is C11H14F3N3OS2. The van der Waals surface area contributed by atoms with E-state index in [1.54, 1.807) is 14.0 Å². The number of pyridine rings is 1. The molecule has 0 radical (unpaired) electrons. The van der Waals surface area contributed by atoms with Crippen LogP contribution in [0, 0.1) is 0 Å². The highest BCUT2D eigenvalue weighted by molar-refractivity contribution is 8.01. The normalized spacial score (nSPS) is 14.3. The van der Waals surface area contributed by atoms with Gasteiger partial charge in [-0.3, -0.25) is 9.71 Å². The number of aromatic nitrogens is 1. The monoisotopic (exact) mass is 325 g/mol. The Morgan fingerprint density at radius 3 is 2.40 bits per heavy atom. The molecule has 4 nitrogen and oxygen atoms in total. The molecule has 0 amide bonds. The molecule has 0 aliphatic heterocycles. The van der Waals surface area contributed by atoms with E-state index < -0.39 is 21.6 Å². The predicted molar refractivity (Wildman–Crippen MR) is 77.9 cm³/mol. The van der Waals surface area contributed by atoms with Gasteiger partial charge in [0, 0.05) is 29.9 Å². The molecule has 1 aromatic heterocycles. The van der Waals surface area contributed by atoms with Crippen molar-refractivity contribution in [2.24, 2.45) is 0 Å². The minimum Gasteiger partial charge on any atom is -0.365 e. The lowest BCUT2D eigenvalue weighted by molar-refractivity contribution is -0.141. The van der Waals surface area contributed by atoms with E-state index in [-0.39, 0.29) is 5.11 Å². The Bertz CT molecular complexity index is 617. The van der Waals surface area contributed by atoms with Crippen molar-refractivity contribution >= 4 is 31.9 Å². The van der Waals surface area contributed by atoms with E-state index in [4.69, 9.17) is 12.2 Å². The number of alkyl halides is 3. The lowest BCUT2D eigenvalue weighted by atomic mass is 10.2. The molecule has 0 saturated carbocycles. The number of halogens is 3. The van der Waals surface area contributed by atoms with Gasteiger partial charge in [0.25, 0.3) is 0 Å². The van der Waals surface area contributed by atoms with E-state index in [0.717, 1.165) is 12.3 Å². The zero-order valence-corrected chi connectivity index (χ0v) is 12.7. The summed E-state index contributed by atoms with van der Waals surface area (Å²) in [6, 6.07) is 2.09. The molecule has 1 unspecified atom stereocenters. The van der Waals surface area contributed by atoms with Gasteiger partial charge < -0.3 is 5.32 Å². The summed E-state index contributed by atoms with van der Waals surface area (Å²) < 4.78 is 52.2. The van der Waals surface area contributed by atoms with Crippen molar-refractivity contribution in [3.8, 4) is 0 Å². The minimum absolute atomic E-state index is 0.191. The second-order valence-electron chi connectivity index (χ2n) is 4.01. The van der Waals surface area contributed by atoms with Crippen LogP contribution in [-0.4, -0.2) is 32.5 Å². The number of hydrogen-bond acceptors (Lipinski definition) is 3. The van der Waals surface area contributed by atoms with E-state index in [1.807, 2.05) is 0 Å². The molecule has 112 valence electrons. The SMILES string of the molecule is CNC(=S)NS(C)(=O)=C(C)c1ccc(C(F)(F)F)nc1. The maximum absolute atomic E-state index is 12.4. The summed E-state index contributed by atoms with van der Waals surface area (Å²) in [6.07, 6.45) is -2.03. The molecule has 1 rings (SSSR count). The quantitative estimate of drug-likeness (QED) is 0.640. The Kier molecular flexibility index (Phi) is 4.98. The van der Waals surface area contributed by atoms with E-state index in [9.17, 15) is 17.4 Å². The summed E-state index contributed by atoms with van der Waals surface area (Å²) >= 11 is 4.86. The first-order chi connectivity index (χ1) is 9.08. The summed E-state index contributed by atoms with van der Waals surface area (Å²) in [5, 5.41) is 2.81. The second kappa shape index (κ2) is 5.96. The van der Waals surface area contributed by atoms with Crippen molar-refractivity contribution in [2.45, 2.75) is 13.1 Å². The Balaban J connectivity index is 3.17. The molecule has 2 N–H and O–H groups in total. The summed E-state index contributed by atoms with van der Waals surface area (Å²) in [6.45, 7) is 1.55. The van der Waals surface area contributed by atoms with Crippen LogP contribution in [0.4, 0.5) is 13.2 Å². The van der Waals surface area contributed by atoms with E-state index >= 15 is 0 Å². The van der Waals surface area contributed by atoms with Crippen LogP contribution in [0.25, 0.3) is 0 Å². The van der Waals surface area contributed by atoms with Crippen LogP contribution in [0.2, 0.25) is 0 Å². The largest absolute Gasteiger partial charge is 0.433 e. The molecule has 0 aliphatic rings. The van der Waals surface area contributed by atoms with Gasteiger partial charge in [-0.05, 0) is 25.2 Å². The standard InChI is InChI=1S/C11H14F3N3OS2/c1-7(20(3,18)17-10(19)15-2)8-4-5-9(16-6-8)11(12,13)14/h4-6H,1-3H3,(H2,15,17,18,19). The smallest absolute Gasteiger partial charge is 0.365 e. The third-order valence-corrected chi connectivity index (χ3v) is 4.99. The Morgan fingerprint density at radius 1 is 1.40 bits per heavy atom. The number of nitrogens with one attached hydrogen (secondary N) is 2. The van der Waals surface area contributed by atoms with Gasteiger partial charge in [0.15, 0.2) is 5.11 Å².